The van der Waals surface area contributed by atoms with E-state index < -0.39 is 29.3 Å². The normalized spacial score (nSPS) is 11.4. The molecule has 0 unspecified atom stereocenters. The number of halogens is 4. The minimum Gasteiger partial charge on any atom is -0.444 e. The summed E-state index contributed by atoms with van der Waals surface area (Å²) in [5.74, 6) is -0.769. The fourth-order valence-electron chi connectivity index (χ4n) is 4.07. The highest BCUT2D eigenvalue weighted by Crippen LogP contribution is 2.38. The lowest BCUT2D eigenvalue weighted by atomic mass is 10.1. The van der Waals surface area contributed by atoms with Crippen molar-refractivity contribution in [2.24, 2.45) is 0 Å². The van der Waals surface area contributed by atoms with E-state index in [9.17, 15) is 27.6 Å². The molecule has 0 spiro atoms. The minimum absolute atomic E-state index is 0.0164. The monoisotopic (exact) mass is 646 g/mol. The number of alkyl halides is 3. The van der Waals surface area contributed by atoms with Crippen LogP contribution in [0.1, 0.15) is 45.2 Å². The summed E-state index contributed by atoms with van der Waals surface area (Å²) in [6.45, 7) is 10.0. The van der Waals surface area contributed by atoms with Gasteiger partial charge in [0.25, 0.3) is 0 Å². The first-order chi connectivity index (χ1) is 21.1. The fraction of sp³-hybridized carbons (Fsp3) is 0.323. The van der Waals surface area contributed by atoms with E-state index in [4.69, 9.17) is 16.3 Å². The second kappa shape index (κ2) is 14.9. The van der Waals surface area contributed by atoms with Crippen LogP contribution in [0.25, 0.3) is 0 Å². The lowest BCUT2D eigenvalue weighted by molar-refractivity contribution is -0.137. The maximum atomic E-state index is 14.2. The third-order valence-electron chi connectivity index (χ3n) is 6.08. The summed E-state index contributed by atoms with van der Waals surface area (Å²) in [6.07, 6.45) is -2.68. The predicted molar refractivity (Wildman–Crippen MR) is 167 cm³/mol. The highest BCUT2D eigenvalue weighted by molar-refractivity contribution is 6.33. The standard InChI is InChI=1S/C31H34ClF3N6O4/c1-6-22(43)16-20-10-7-8-11-25(20)38-27-24(32)18-37-28(40-27)39-26-13-12-21(17-23(26)31(33,34)35)41(19(2)42)15-9-14-36-29(44)45-30(3,4)5/h6-8,10-13,17-18H,1,9,14-16H2,2-5H3,(H,36,44)(H2,37,38,39,40). The molecule has 0 radical (unpaired) electrons. The Balaban J connectivity index is 1.82. The van der Waals surface area contributed by atoms with Crippen LogP contribution in [-0.2, 0) is 26.9 Å². The predicted octanol–water partition coefficient (Wildman–Crippen LogP) is 7.20. The molecule has 45 heavy (non-hydrogen) atoms. The molecule has 240 valence electrons. The van der Waals surface area contributed by atoms with Gasteiger partial charge in [0.2, 0.25) is 11.9 Å². The van der Waals surface area contributed by atoms with Crippen molar-refractivity contribution in [2.45, 2.75) is 52.3 Å². The number of ether oxygens (including phenoxy) is 1. The number of amides is 2. The molecule has 3 rings (SSSR count). The molecule has 3 N–H and O–H groups in total. The third kappa shape index (κ3) is 10.5. The fourth-order valence-corrected chi connectivity index (χ4v) is 4.21. The van der Waals surface area contributed by atoms with Gasteiger partial charge in [-0.1, -0.05) is 36.4 Å². The van der Waals surface area contributed by atoms with Crippen LogP contribution in [0.3, 0.4) is 0 Å². The molecule has 0 aliphatic rings. The molecule has 0 bridgehead atoms. The number of alkyl carbamates (subject to hydrolysis) is 1. The van der Waals surface area contributed by atoms with Crippen molar-refractivity contribution in [1.82, 2.24) is 15.3 Å². The van der Waals surface area contributed by atoms with Gasteiger partial charge in [0.15, 0.2) is 11.6 Å². The molecule has 2 amide bonds. The number of para-hydroxylation sites is 1. The van der Waals surface area contributed by atoms with Crippen LogP contribution >= 0.6 is 11.6 Å². The Bertz CT molecular complexity index is 1560. The van der Waals surface area contributed by atoms with Gasteiger partial charge in [-0.25, -0.2) is 9.78 Å². The molecule has 0 fully saturated rings. The zero-order valence-corrected chi connectivity index (χ0v) is 26.0. The Hall–Kier alpha value is -4.65. The van der Waals surface area contributed by atoms with E-state index in [0.29, 0.717) is 11.3 Å². The SMILES string of the molecule is C=CC(=O)Cc1ccccc1Nc1nc(Nc2ccc(N(CCCNC(=O)OC(C)(C)C)C(C)=O)cc2C(F)(F)F)ncc1Cl. The number of nitrogens with one attached hydrogen (secondary N) is 3. The number of ketones is 1. The quantitative estimate of drug-likeness (QED) is 0.139. The summed E-state index contributed by atoms with van der Waals surface area (Å²) >= 11 is 6.28. The topological polar surface area (TPSA) is 126 Å². The van der Waals surface area contributed by atoms with E-state index in [-0.39, 0.29) is 59.9 Å². The van der Waals surface area contributed by atoms with Crippen molar-refractivity contribution < 1.29 is 32.3 Å². The van der Waals surface area contributed by atoms with Crippen LogP contribution < -0.4 is 20.9 Å². The summed E-state index contributed by atoms with van der Waals surface area (Å²) < 4.78 is 47.8. The summed E-state index contributed by atoms with van der Waals surface area (Å²) in [7, 11) is 0. The van der Waals surface area contributed by atoms with Crippen LogP contribution in [-0.4, -0.2) is 46.4 Å². The number of anilines is 5. The van der Waals surface area contributed by atoms with Crippen LogP contribution in [0.5, 0.6) is 0 Å². The Morgan fingerprint density at radius 3 is 2.42 bits per heavy atom. The highest BCUT2D eigenvalue weighted by atomic mass is 35.5. The molecule has 0 saturated heterocycles. The highest BCUT2D eigenvalue weighted by Gasteiger charge is 2.35. The number of nitrogens with zero attached hydrogens (tertiary/aromatic N) is 3. The van der Waals surface area contributed by atoms with Crippen molar-refractivity contribution >= 4 is 58.2 Å². The second-order valence-corrected chi connectivity index (χ2v) is 11.2. The zero-order chi connectivity index (χ0) is 33.4. The van der Waals surface area contributed by atoms with Crippen molar-refractivity contribution in [3.05, 3.63) is 77.5 Å². The molecule has 1 heterocycles. The Kier molecular flexibility index (Phi) is 11.5. The van der Waals surface area contributed by atoms with Gasteiger partial charge in [-0.15, -0.1) is 0 Å². The summed E-state index contributed by atoms with van der Waals surface area (Å²) in [5.41, 5.74) is -0.927. The Labute approximate surface area is 264 Å². The summed E-state index contributed by atoms with van der Waals surface area (Å²) in [4.78, 5) is 45.6. The van der Waals surface area contributed by atoms with Gasteiger partial charge in [0.1, 0.15) is 10.6 Å². The van der Waals surface area contributed by atoms with Gasteiger partial charge in [-0.2, -0.15) is 18.2 Å². The average Bonchev–Trinajstić information content (AvgIpc) is 2.94. The van der Waals surface area contributed by atoms with Crippen LogP contribution in [0, 0.1) is 0 Å². The van der Waals surface area contributed by atoms with E-state index in [1.54, 1.807) is 45.0 Å². The van der Waals surface area contributed by atoms with Gasteiger partial charge >= 0.3 is 12.3 Å². The van der Waals surface area contributed by atoms with Gasteiger partial charge in [-0.05, 0) is 63.1 Å². The minimum atomic E-state index is -4.80. The summed E-state index contributed by atoms with van der Waals surface area (Å²) in [6, 6.07) is 10.3. The van der Waals surface area contributed by atoms with Gasteiger partial charge in [0.05, 0.1) is 17.4 Å². The molecule has 14 heteroatoms. The smallest absolute Gasteiger partial charge is 0.418 e. The van der Waals surface area contributed by atoms with Gasteiger partial charge < -0.3 is 25.6 Å². The van der Waals surface area contributed by atoms with Crippen LogP contribution in [0.4, 0.5) is 46.8 Å². The molecule has 10 nitrogen and oxygen atoms in total. The van der Waals surface area contributed by atoms with E-state index in [2.05, 4.69) is 32.5 Å². The first-order valence-corrected chi connectivity index (χ1v) is 14.2. The number of aromatic nitrogens is 2. The average molecular weight is 647 g/mol. The number of hydrogen-bond acceptors (Lipinski definition) is 8. The number of allylic oxidation sites excluding steroid dienone is 1. The largest absolute Gasteiger partial charge is 0.444 e. The Morgan fingerprint density at radius 2 is 1.78 bits per heavy atom. The van der Waals surface area contributed by atoms with E-state index >= 15 is 0 Å². The van der Waals surface area contributed by atoms with Crippen LogP contribution in [0.2, 0.25) is 5.02 Å². The number of rotatable bonds is 12. The van der Waals surface area contributed by atoms with Gasteiger partial charge in [-0.3, -0.25) is 9.59 Å². The molecule has 0 aliphatic carbocycles. The molecule has 1 aromatic heterocycles. The molecule has 0 saturated carbocycles. The van der Waals surface area contributed by atoms with Crippen LogP contribution in [0.15, 0.2) is 61.3 Å². The first kappa shape index (κ1) is 34.8. The molecular formula is C31H34ClF3N6O4. The number of benzene rings is 2. The molecular weight excluding hydrogens is 613 g/mol. The second-order valence-electron chi connectivity index (χ2n) is 10.8. The third-order valence-corrected chi connectivity index (χ3v) is 6.36. The number of carbonyl (C=O) groups excluding carboxylic acids is 3. The zero-order valence-electron chi connectivity index (χ0n) is 25.2. The lowest BCUT2D eigenvalue weighted by Gasteiger charge is -2.24. The Morgan fingerprint density at radius 1 is 1.07 bits per heavy atom. The summed E-state index contributed by atoms with van der Waals surface area (Å²) in [5, 5.41) is 8.25. The molecule has 3 aromatic rings. The molecule has 0 atom stereocenters. The van der Waals surface area contributed by atoms with Crippen molar-refractivity contribution in [3.63, 3.8) is 0 Å². The van der Waals surface area contributed by atoms with E-state index in [0.717, 1.165) is 6.07 Å². The van der Waals surface area contributed by atoms with Crippen molar-refractivity contribution in [1.29, 1.82) is 0 Å². The van der Waals surface area contributed by atoms with E-state index in [1.807, 2.05) is 0 Å². The van der Waals surface area contributed by atoms with Crippen molar-refractivity contribution in [3.8, 4) is 0 Å². The van der Waals surface area contributed by atoms with E-state index in [1.165, 1.54) is 36.2 Å². The maximum Gasteiger partial charge on any atom is 0.418 e. The number of hydrogen-bond donors (Lipinski definition) is 3. The number of carbonyl (C=O) groups is 3. The molecule has 0 aliphatic heterocycles. The lowest BCUT2D eigenvalue weighted by Crippen LogP contribution is -2.35. The first-order valence-electron chi connectivity index (χ1n) is 13.8. The van der Waals surface area contributed by atoms with Crippen molar-refractivity contribution in [2.75, 3.05) is 28.6 Å². The molecule has 2 aromatic carbocycles. The maximum absolute atomic E-state index is 14.2. The van der Waals surface area contributed by atoms with Gasteiger partial charge in [0, 0.05) is 37.8 Å².